The number of likely N-dealkylation sites (tertiary alicyclic amines) is 1. The van der Waals surface area contributed by atoms with E-state index >= 15 is 0 Å². The van der Waals surface area contributed by atoms with Crippen LogP contribution in [-0.2, 0) is 6.54 Å². The quantitative estimate of drug-likeness (QED) is 0.890. The predicted molar refractivity (Wildman–Crippen MR) is 89.0 cm³/mol. The van der Waals surface area contributed by atoms with Gasteiger partial charge in [-0.25, -0.2) is 0 Å². The van der Waals surface area contributed by atoms with Gasteiger partial charge in [-0.1, -0.05) is 24.4 Å². The Bertz CT molecular complexity index is 445. The molecule has 0 spiro atoms. The van der Waals surface area contributed by atoms with Crippen LogP contribution in [0.2, 0.25) is 5.02 Å². The average molecular weight is 329 g/mol. The largest absolute Gasteiger partial charge is 0.391 e. The molecule has 0 amide bonds. The normalized spacial score (nSPS) is 28.9. The fraction of sp³-hybridized carbons (Fsp3) is 0.750. The van der Waals surface area contributed by atoms with E-state index in [4.69, 9.17) is 11.6 Å². The minimum atomic E-state index is -0.100. The lowest BCUT2D eigenvalue weighted by Gasteiger charge is -2.41. The van der Waals surface area contributed by atoms with E-state index in [0.717, 1.165) is 31.1 Å². The molecule has 3 nitrogen and oxygen atoms in total. The van der Waals surface area contributed by atoms with E-state index in [9.17, 15) is 5.11 Å². The molecule has 0 radical (unpaired) electrons. The van der Waals surface area contributed by atoms with Crippen LogP contribution in [0, 0.1) is 0 Å². The summed E-state index contributed by atoms with van der Waals surface area (Å²) >= 11 is 7.68. The zero-order chi connectivity index (χ0) is 14.7. The Hall–Kier alpha value is -0.130. The zero-order valence-corrected chi connectivity index (χ0v) is 14.0. The fourth-order valence-corrected chi connectivity index (χ4v) is 4.67. The highest BCUT2D eigenvalue weighted by Gasteiger charge is 2.31. The Labute approximate surface area is 136 Å². The maximum Gasteiger partial charge on any atom is 0.0695 e. The fourth-order valence-electron chi connectivity index (χ4n) is 3.64. The van der Waals surface area contributed by atoms with Gasteiger partial charge in [-0.2, -0.15) is 0 Å². The van der Waals surface area contributed by atoms with Gasteiger partial charge < -0.3 is 10.4 Å². The summed E-state index contributed by atoms with van der Waals surface area (Å²) in [7, 11) is 0. The molecule has 1 aliphatic carbocycles. The van der Waals surface area contributed by atoms with Gasteiger partial charge in [0.25, 0.3) is 0 Å². The van der Waals surface area contributed by atoms with E-state index in [1.165, 1.54) is 37.0 Å². The van der Waals surface area contributed by atoms with E-state index in [1.54, 1.807) is 11.3 Å². The number of hydrogen-bond acceptors (Lipinski definition) is 4. The van der Waals surface area contributed by atoms with Crippen LogP contribution < -0.4 is 5.32 Å². The molecule has 1 saturated heterocycles. The molecule has 1 saturated carbocycles. The highest BCUT2D eigenvalue weighted by atomic mass is 35.5. The van der Waals surface area contributed by atoms with Gasteiger partial charge >= 0.3 is 0 Å². The maximum atomic E-state index is 10.2. The van der Waals surface area contributed by atoms with Crippen molar-refractivity contribution in [3.05, 3.63) is 21.3 Å². The first-order valence-corrected chi connectivity index (χ1v) is 9.36. The summed E-state index contributed by atoms with van der Waals surface area (Å²) in [6, 6.07) is 3.06. The zero-order valence-electron chi connectivity index (χ0n) is 12.4. The summed E-state index contributed by atoms with van der Waals surface area (Å²) < 4.78 is 0. The van der Waals surface area contributed by atoms with Crippen LogP contribution in [0.3, 0.4) is 0 Å². The van der Waals surface area contributed by atoms with Crippen molar-refractivity contribution in [1.29, 1.82) is 0 Å². The molecule has 2 heterocycles. The number of aliphatic hydroxyl groups excluding tert-OH is 1. The number of halogens is 1. The topological polar surface area (TPSA) is 35.5 Å². The number of rotatable bonds is 4. The van der Waals surface area contributed by atoms with Gasteiger partial charge in [-0.3, -0.25) is 4.90 Å². The van der Waals surface area contributed by atoms with E-state index < -0.39 is 0 Å². The van der Waals surface area contributed by atoms with Crippen LogP contribution in [0.5, 0.6) is 0 Å². The summed E-state index contributed by atoms with van der Waals surface area (Å²) in [5.74, 6) is 0. The minimum absolute atomic E-state index is 0.100. The summed E-state index contributed by atoms with van der Waals surface area (Å²) in [5.41, 5.74) is 0. The van der Waals surface area contributed by atoms with Gasteiger partial charge in [0.2, 0.25) is 0 Å². The molecule has 118 valence electrons. The molecule has 2 aliphatic rings. The smallest absolute Gasteiger partial charge is 0.0695 e. The van der Waals surface area contributed by atoms with Gasteiger partial charge in [-0.15, -0.1) is 11.3 Å². The van der Waals surface area contributed by atoms with Crippen molar-refractivity contribution < 1.29 is 5.11 Å². The molecule has 21 heavy (non-hydrogen) atoms. The highest BCUT2D eigenvalue weighted by molar-refractivity contribution is 7.10. The Morgan fingerprint density at radius 2 is 2.00 bits per heavy atom. The first kappa shape index (κ1) is 15.8. The number of thiophene rings is 1. The van der Waals surface area contributed by atoms with Crippen molar-refractivity contribution in [2.45, 2.75) is 63.3 Å². The van der Waals surface area contributed by atoms with Gasteiger partial charge in [-0.05, 0) is 31.7 Å². The lowest BCUT2D eigenvalue weighted by Crippen LogP contribution is -2.51. The van der Waals surface area contributed by atoms with Crippen LogP contribution in [0.1, 0.15) is 43.4 Å². The maximum absolute atomic E-state index is 10.2. The lowest BCUT2D eigenvalue weighted by molar-refractivity contribution is 0.00715. The molecule has 5 heteroatoms. The van der Waals surface area contributed by atoms with Crippen molar-refractivity contribution in [3.63, 3.8) is 0 Å². The summed E-state index contributed by atoms with van der Waals surface area (Å²) in [6.07, 6.45) is 6.90. The number of nitrogens with one attached hydrogen (secondary N) is 1. The minimum Gasteiger partial charge on any atom is -0.391 e. The Balaban J connectivity index is 1.42. The van der Waals surface area contributed by atoms with Crippen LogP contribution >= 0.6 is 22.9 Å². The second-order valence-electron chi connectivity index (χ2n) is 6.34. The Morgan fingerprint density at radius 3 is 2.67 bits per heavy atom. The summed E-state index contributed by atoms with van der Waals surface area (Å²) in [6.45, 7) is 3.16. The SMILES string of the molecule is OC1CCCCC1N1CCC(NCc2cc(Cl)cs2)CC1. The predicted octanol–water partition coefficient (Wildman–Crippen LogP) is 3.26. The molecule has 2 unspecified atom stereocenters. The third-order valence-corrected chi connectivity index (χ3v) is 6.16. The van der Waals surface area contributed by atoms with E-state index in [2.05, 4.69) is 10.2 Å². The second kappa shape index (κ2) is 7.42. The Kier molecular flexibility index (Phi) is 5.57. The molecule has 2 N–H and O–H groups in total. The molecule has 1 aliphatic heterocycles. The third kappa shape index (κ3) is 4.20. The third-order valence-electron chi connectivity index (χ3n) is 4.88. The van der Waals surface area contributed by atoms with Crippen LogP contribution in [-0.4, -0.2) is 41.3 Å². The van der Waals surface area contributed by atoms with Gasteiger partial charge in [0, 0.05) is 42.0 Å². The molecule has 1 aromatic rings. The molecule has 0 bridgehead atoms. The molecule has 0 aromatic carbocycles. The summed E-state index contributed by atoms with van der Waals surface area (Å²) in [5, 5.41) is 16.7. The first-order chi connectivity index (χ1) is 10.2. The van der Waals surface area contributed by atoms with E-state index in [1.807, 2.05) is 11.4 Å². The Morgan fingerprint density at radius 1 is 1.24 bits per heavy atom. The monoisotopic (exact) mass is 328 g/mol. The van der Waals surface area contributed by atoms with E-state index in [-0.39, 0.29) is 6.10 Å². The van der Waals surface area contributed by atoms with Crippen molar-refractivity contribution >= 4 is 22.9 Å². The van der Waals surface area contributed by atoms with Crippen molar-refractivity contribution in [2.75, 3.05) is 13.1 Å². The molecule has 2 fully saturated rings. The second-order valence-corrected chi connectivity index (χ2v) is 7.77. The molecule has 1 aromatic heterocycles. The van der Waals surface area contributed by atoms with Crippen LogP contribution in [0.15, 0.2) is 11.4 Å². The van der Waals surface area contributed by atoms with Gasteiger partial charge in [0.15, 0.2) is 0 Å². The van der Waals surface area contributed by atoms with Crippen molar-refractivity contribution in [2.24, 2.45) is 0 Å². The number of hydrogen-bond donors (Lipinski definition) is 2. The van der Waals surface area contributed by atoms with Gasteiger partial charge in [0.05, 0.1) is 11.1 Å². The van der Waals surface area contributed by atoms with Crippen LogP contribution in [0.25, 0.3) is 0 Å². The number of nitrogens with zero attached hydrogens (tertiary/aromatic N) is 1. The molecule has 3 rings (SSSR count). The number of aliphatic hydroxyl groups is 1. The standard InChI is InChI=1S/C16H25ClN2OS/c17-12-9-14(21-11-12)10-18-13-5-7-19(8-6-13)15-3-1-2-4-16(15)20/h9,11,13,15-16,18,20H,1-8,10H2. The van der Waals surface area contributed by atoms with Crippen LogP contribution in [0.4, 0.5) is 0 Å². The molecular weight excluding hydrogens is 304 g/mol. The highest BCUT2D eigenvalue weighted by Crippen LogP contribution is 2.26. The first-order valence-electron chi connectivity index (χ1n) is 8.11. The molecular formula is C16H25ClN2OS. The van der Waals surface area contributed by atoms with Crippen molar-refractivity contribution in [1.82, 2.24) is 10.2 Å². The number of piperidine rings is 1. The van der Waals surface area contributed by atoms with Gasteiger partial charge in [0.1, 0.15) is 0 Å². The lowest BCUT2D eigenvalue weighted by atomic mass is 9.89. The van der Waals surface area contributed by atoms with Crippen molar-refractivity contribution in [3.8, 4) is 0 Å². The summed E-state index contributed by atoms with van der Waals surface area (Å²) in [4.78, 5) is 3.83. The molecule has 2 atom stereocenters. The average Bonchev–Trinajstić information content (AvgIpc) is 2.92. The van der Waals surface area contributed by atoms with E-state index in [0.29, 0.717) is 12.1 Å².